The highest BCUT2D eigenvalue weighted by atomic mass is 16.5. The van der Waals surface area contributed by atoms with Crippen LogP contribution in [0.2, 0.25) is 0 Å². The van der Waals surface area contributed by atoms with Crippen LogP contribution >= 0.6 is 0 Å². The number of aromatic nitrogens is 2. The molecule has 0 amide bonds. The van der Waals surface area contributed by atoms with Gasteiger partial charge in [-0.2, -0.15) is 5.10 Å². The van der Waals surface area contributed by atoms with Gasteiger partial charge in [0.25, 0.3) is 0 Å². The van der Waals surface area contributed by atoms with E-state index >= 15 is 0 Å². The molecule has 0 bridgehead atoms. The molecule has 0 saturated carbocycles. The first kappa shape index (κ1) is 15.4. The van der Waals surface area contributed by atoms with Crippen LogP contribution in [0.25, 0.3) is 11.1 Å². The van der Waals surface area contributed by atoms with Crippen LogP contribution in [-0.2, 0) is 12.5 Å². The maximum Gasteiger partial charge on any atom is 0.129 e. The Morgan fingerprint density at radius 2 is 1.81 bits per heavy atom. The number of anilines is 1. The maximum absolute atomic E-state index is 6.25. The van der Waals surface area contributed by atoms with Crippen molar-refractivity contribution < 1.29 is 4.74 Å². The molecule has 114 valence electrons. The summed E-state index contributed by atoms with van der Waals surface area (Å²) in [6, 6.07) is 8.06. The number of hydrogen-bond donors (Lipinski definition) is 1. The van der Waals surface area contributed by atoms with E-state index in [9.17, 15) is 0 Å². The second-order valence-corrected chi connectivity index (χ2v) is 5.93. The summed E-state index contributed by atoms with van der Waals surface area (Å²) in [5.41, 5.74) is 9.41. The van der Waals surface area contributed by atoms with Crippen molar-refractivity contribution in [2.24, 2.45) is 7.05 Å². The molecule has 0 atom stereocenters. The van der Waals surface area contributed by atoms with Crippen molar-refractivity contribution in [3.05, 3.63) is 30.0 Å². The van der Waals surface area contributed by atoms with E-state index in [0.29, 0.717) is 12.4 Å². The first-order chi connectivity index (χ1) is 9.90. The predicted molar refractivity (Wildman–Crippen MR) is 87.5 cm³/mol. The highest BCUT2D eigenvalue weighted by molar-refractivity contribution is 5.78. The highest BCUT2D eigenvalue weighted by Crippen LogP contribution is 2.38. The first-order valence-corrected chi connectivity index (χ1v) is 7.47. The zero-order valence-corrected chi connectivity index (χ0v) is 13.6. The second-order valence-electron chi connectivity index (χ2n) is 5.93. The first-order valence-electron chi connectivity index (χ1n) is 7.47. The molecule has 2 N–H and O–H groups in total. The fourth-order valence-corrected chi connectivity index (χ4v) is 2.35. The van der Waals surface area contributed by atoms with Crippen molar-refractivity contribution >= 4 is 5.82 Å². The van der Waals surface area contributed by atoms with Gasteiger partial charge < -0.3 is 10.5 Å². The summed E-state index contributed by atoms with van der Waals surface area (Å²) in [5, 5.41) is 4.65. The van der Waals surface area contributed by atoms with Gasteiger partial charge in [-0.15, -0.1) is 0 Å². The molecule has 0 aliphatic carbocycles. The standard InChI is InChI=1S/C17H25N3O/c1-6-17(3,4)15-14(16(18)20(5)19-15)12-8-10-13(11-9-12)21-7-2/h8-11H,6-7,18H2,1-5H3. The maximum atomic E-state index is 6.25. The number of rotatable bonds is 5. The van der Waals surface area contributed by atoms with Crippen LogP contribution < -0.4 is 10.5 Å². The molecule has 0 saturated heterocycles. The molecular weight excluding hydrogens is 262 g/mol. The molecule has 2 rings (SSSR count). The average molecular weight is 287 g/mol. The third-order valence-corrected chi connectivity index (χ3v) is 4.07. The van der Waals surface area contributed by atoms with Gasteiger partial charge >= 0.3 is 0 Å². The number of nitrogens with two attached hydrogens (primary N) is 1. The second kappa shape index (κ2) is 5.80. The third-order valence-electron chi connectivity index (χ3n) is 4.07. The van der Waals surface area contributed by atoms with E-state index in [1.807, 2.05) is 38.2 Å². The van der Waals surface area contributed by atoms with Crippen LogP contribution in [0.5, 0.6) is 5.75 Å². The van der Waals surface area contributed by atoms with E-state index in [1.54, 1.807) is 4.68 Å². The van der Waals surface area contributed by atoms with E-state index in [4.69, 9.17) is 10.5 Å². The minimum Gasteiger partial charge on any atom is -0.494 e. The van der Waals surface area contributed by atoms with Gasteiger partial charge in [-0.3, -0.25) is 4.68 Å². The summed E-state index contributed by atoms with van der Waals surface area (Å²) in [5.74, 6) is 1.58. The molecule has 0 fully saturated rings. The molecule has 4 heteroatoms. The van der Waals surface area contributed by atoms with Crippen LogP contribution in [0.1, 0.15) is 39.8 Å². The van der Waals surface area contributed by atoms with Gasteiger partial charge in [0.05, 0.1) is 12.3 Å². The zero-order chi connectivity index (χ0) is 15.6. The molecule has 0 aliphatic heterocycles. The molecule has 0 unspecified atom stereocenters. The summed E-state index contributed by atoms with van der Waals surface area (Å²) >= 11 is 0. The number of benzene rings is 1. The Balaban J connectivity index is 2.52. The molecule has 0 radical (unpaired) electrons. The quantitative estimate of drug-likeness (QED) is 0.911. The van der Waals surface area contributed by atoms with Crippen molar-refractivity contribution in [2.75, 3.05) is 12.3 Å². The Morgan fingerprint density at radius 3 is 2.33 bits per heavy atom. The number of aryl methyl sites for hydroxylation is 1. The van der Waals surface area contributed by atoms with Gasteiger partial charge in [-0.1, -0.05) is 32.9 Å². The number of ether oxygens (including phenoxy) is 1. The Labute approximate surface area is 126 Å². The smallest absolute Gasteiger partial charge is 0.129 e. The van der Waals surface area contributed by atoms with Crippen molar-refractivity contribution in [1.82, 2.24) is 9.78 Å². The lowest BCUT2D eigenvalue weighted by Crippen LogP contribution is -2.17. The number of nitrogens with zero attached hydrogens (tertiary/aromatic N) is 2. The predicted octanol–water partition coefficient (Wildman–Crippen LogP) is 3.76. The highest BCUT2D eigenvalue weighted by Gasteiger charge is 2.28. The normalized spacial score (nSPS) is 11.7. The summed E-state index contributed by atoms with van der Waals surface area (Å²) in [6.45, 7) is 9.23. The molecule has 0 aliphatic rings. The molecule has 21 heavy (non-hydrogen) atoms. The summed E-state index contributed by atoms with van der Waals surface area (Å²) in [4.78, 5) is 0. The van der Waals surface area contributed by atoms with Crippen LogP contribution in [0.4, 0.5) is 5.82 Å². The van der Waals surface area contributed by atoms with E-state index < -0.39 is 0 Å². The Hall–Kier alpha value is -1.97. The van der Waals surface area contributed by atoms with E-state index in [1.165, 1.54) is 0 Å². The van der Waals surface area contributed by atoms with E-state index in [0.717, 1.165) is 29.0 Å². The van der Waals surface area contributed by atoms with Crippen molar-refractivity contribution in [1.29, 1.82) is 0 Å². The summed E-state index contributed by atoms with van der Waals surface area (Å²) in [6.07, 6.45) is 1.01. The Bertz CT molecular complexity index is 612. The van der Waals surface area contributed by atoms with Crippen molar-refractivity contribution in [2.45, 2.75) is 39.5 Å². The average Bonchev–Trinajstić information content (AvgIpc) is 2.77. The van der Waals surface area contributed by atoms with E-state index in [-0.39, 0.29) is 5.41 Å². The van der Waals surface area contributed by atoms with Gasteiger partial charge in [0.2, 0.25) is 0 Å². The fraction of sp³-hybridized carbons (Fsp3) is 0.471. The van der Waals surface area contributed by atoms with E-state index in [2.05, 4.69) is 25.9 Å². The topological polar surface area (TPSA) is 53.1 Å². The molecule has 1 aromatic carbocycles. The molecule has 1 aromatic heterocycles. The minimum atomic E-state index is -0.0106. The third kappa shape index (κ3) is 2.89. The number of hydrogen-bond acceptors (Lipinski definition) is 3. The van der Waals surface area contributed by atoms with Gasteiger partial charge in [0.1, 0.15) is 11.6 Å². The molecule has 4 nitrogen and oxygen atoms in total. The lowest BCUT2D eigenvalue weighted by atomic mass is 9.83. The van der Waals surface area contributed by atoms with Crippen LogP contribution in [0.15, 0.2) is 24.3 Å². The largest absolute Gasteiger partial charge is 0.494 e. The lowest BCUT2D eigenvalue weighted by molar-refractivity contribution is 0.340. The van der Waals surface area contributed by atoms with Gasteiger partial charge in [0.15, 0.2) is 0 Å². The van der Waals surface area contributed by atoms with Gasteiger partial charge in [0, 0.05) is 18.0 Å². The Kier molecular flexibility index (Phi) is 4.26. The molecule has 1 heterocycles. The summed E-state index contributed by atoms with van der Waals surface area (Å²) in [7, 11) is 1.89. The Morgan fingerprint density at radius 1 is 1.19 bits per heavy atom. The van der Waals surface area contributed by atoms with Crippen LogP contribution in [0.3, 0.4) is 0 Å². The lowest BCUT2D eigenvalue weighted by Gasteiger charge is -2.22. The molecule has 0 spiro atoms. The SMILES string of the molecule is CCOc1ccc(-c2c(C(C)(C)CC)nn(C)c2N)cc1. The minimum absolute atomic E-state index is 0.0106. The van der Waals surface area contributed by atoms with Crippen molar-refractivity contribution in [3.8, 4) is 16.9 Å². The van der Waals surface area contributed by atoms with Crippen molar-refractivity contribution in [3.63, 3.8) is 0 Å². The molecule has 2 aromatic rings. The monoisotopic (exact) mass is 287 g/mol. The van der Waals surface area contributed by atoms with Gasteiger partial charge in [-0.05, 0) is 31.0 Å². The summed E-state index contributed by atoms with van der Waals surface area (Å²) < 4.78 is 7.26. The van der Waals surface area contributed by atoms with Crippen LogP contribution in [0, 0.1) is 0 Å². The van der Waals surface area contributed by atoms with Crippen LogP contribution in [-0.4, -0.2) is 16.4 Å². The molecular formula is C17H25N3O. The zero-order valence-electron chi connectivity index (χ0n) is 13.6. The number of nitrogen functional groups attached to an aromatic ring is 1. The fourth-order valence-electron chi connectivity index (χ4n) is 2.35. The van der Waals surface area contributed by atoms with Gasteiger partial charge in [-0.25, -0.2) is 0 Å².